The van der Waals surface area contributed by atoms with Crippen LogP contribution in [0.2, 0.25) is 0 Å². The van der Waals surface area contributed by atoms with Gasteiger partial charge in [-0.05, 0) is 43.4 Å². The lowest BCUT2D eigenvalue weighted by Crippen LogP contribution is -2.02. The molecule has 0 bridgehead atoms. The molecule has 5 heteroatoms. The molecule has 1 rings (SSSR count). The highest BCUT2D eigenvalue weighted by Crippen LogP contribution is 2.13. The summed E-state index contributed by atoms with van der Waals surface area (Å²) >= 11 is 0. The molecule has 5 nitrogen and oxygen atoms in total. The molecule has 0 fully saturated rings. The predicted molar refractivity (Wildman–Crippen MR) is 83.4 cm³/mol. The second-order valence-electron chi connectivity index (χ2n) is 4.71. The SMILES string of the molecule is C=CC(=O)OCCCCCCOc1ccc(COOC)cc1. The Morgan fingerprint density at radius 2 is 1.77 bits per heavy atom. The van der Waals surface area contributed by atoms with Crippen LogP contribution in [0, 0.1) is 0 Å². The number of hydrogen-bond acceptors (Lipinski definition) is 5. The molecule has 22 heavy (non-hydrogen) atoms. The van der Waals surface area contributed by atoms with Crippen molar-refractivity contribution in [2.75, 3.05) is 20.3 Å². The molecule has 0 radical (unpaired) electrons. The molecule has 0 unspecified atom stereocenters. The third-order valence-electron chi connectivity index (χ3n) is 2.99. The molecule has 0 saturated carbocycles. The standard InChI is InChI=1S/C17H24O5/c1-3-17(18)21-13-7-5-4-6-12-20-16-10-8-15(9-11-16)14-22-19-2/h3,8-11H,1,4-7,12-14H2,2H3. The number of carbonyl (C=O) groups excluding carboxylic acids is 1. The molecule has 1 aromatic carbocycles. The van der Waals surface area contributed by atoms with Crippen molar-refractivity contribution in [3.8, 4) is 5.75 Å². The van der Waals surface area contributed by atoms with Crippen molar-refractivity contribution in [1.82, 2.24) is 0 Å². The summed E-state index contributed by atoms with van der Waals surface area (Å²) in [4.78, 5) is 20.2. The molecule has 0 N–H and O–H groups in total. The van der Waals surface area contributed by atoms with Crippen LogP contribution >= 0.6 is 0 Å². The molecule has 0 aliphatic heterocycles. The summed E-state index contributed by atoms with van der Waals surface area (Å²) in [5.41, 5.74) is 1.03. The highest BCUT2D eigenvalue weighted by atomic mass is 17.2. The molecule has 1 aromatic rings. The zero-order valence-corrected chi connectivity index (χ0v) is 13.1. The van der Waals surface area contributed by atoms with E-state index in [1.165, 1.54) is 13.2 Å². The van der Waals surface area contributed by atoms with E-state index in [9.17, 15) is 4.79 Å². The molecular weight excluding hydrogens is 284 g/mol. The molecule has 0 amide bonds. The Bertz CT molecular complexity index is 427. The second-order valence-corrected chi connectivity index (χ2v) is 4.71. The van der Waals surface area contributed by atoms with Crippen LogP contribution in [0.1, 0.15) is 31.2 Å². The predicted octanol–water partition coefficient (Wildman–Crippen LogP) is 3.43. The van der Waals surface area contributed by atoms with E-state index in [1.807, 2.05) is 24.3 Å². The minimum Gasteiger partial charge on any atom is -0.494 e. The average Bonchev–Trinajstić information content (AvgIpc) is 2.56. The number of unbranched alkanes of at least 4 members (excludes halogenated alkanes) is 3. The van der Waals surface area contributed by atoms with Gasteiger partial charge in [0.2, 0.25) is 0 Å². The van der Waals surface area contributed by atoms with E-state index in [2.05, 4.69) is 11.5 Å². The van der Waals surface area contributed by atoms with Gasteiger partial charge in [-0.1, -0.05) is 18.7 Å². The Labute approximate surface area is 131 Å². The number of ether oxygens (including phenoxy) is 2. The van der Waals surface area contributed by atoms with Crippen LogP contribution < -0.4 is 4.74 Å². The molecule has 0 saturated heterocycles. The van der Waals surface area contributed by atoms with Gasteiger partial charge in [0.25, 0.3) is 0 Å². The Morgan fingerprint density at radius 1 is 1.09 bits per heavy atom. The zero-order valence-electron chi connectivity index (χ0n) is 13.1. The van der Waals surface area contributed by atoms with E-state index in [0.29, 0.717) is 19.8 Å². The summed E-state index contributed by atoms with van der Waals surface area (Å²) in [5.74, 6) is 0.490. The summed E-state index contributed by atoms with van der Waals surface area (Å²) in [7, 11) is 1.49. The summed E-state index contributed by atoms with van der Waals surface area (Å²) in [6.45, 7) is 4.90. The summed E-state index contributed by atoms with van der Waals surface area (Å²) in [5, 5.41) is 0. The van der Waals surface area contributed by atoms with Crippen LogP contribution in [0.15, 0.2) is 36.9 Å². The molecule has 0 aliphatic carbocycles. The van der Waals surface area contributed by atoms with Gasteiger partial charge in [0.15, 0.2) is 0 Å². The molecule has 0 aromatic heterocycles. The quantitative estimate of drug-likeness (QED) is 0.195. The fraction of sp³-hybridized carbons (Fsp3) is 0.471. The Hall–Kier alpha value is -1.85. The maximum atomic E-state index is 10.8. The van der Waals surface area contributed by atoms with E-state index in [1.54, 1.807) is 0 Å². The van der Waals surface area contributed by atoms with E-state index in [4.69, 9.17) is 14.4 Å². The van der Waals surface area contributed by atoms with E-state index in [-0.39, 0.29) is 5.97 Å². The van der Waals surface area contributed by atoms with Crippen molar-refractivity contribution in [1.29, 1.82) is 0 Å². The maximum absolute atomic E-state index is 10.8. The first kappa shape index (κ1) is 18.2. The maximum Gasteiger partial charge on any atom is 0.330 e. The van der Waals surface area contributed by atoms with Crippen LogP contribution in [-0.2, 0) is 25.9 Å². The zero-order chi connectivity index (χ0) is 16.0. The van der Waals surface area contributed by atoms with Crippen molar-refractivity contribution in [2.45, 2.75) is 32.3 Å². The van der Waals surface area contributed by atoms with Crippen molar-refractivity contribution in [2.24, 2.45) is 0 Å². The largest absolute Gasteiger partial charge is 0.494 e. The summed E-state index contributed by atoms with van der Waals surface area (Å²) < 4.78 is 10.6. The fourth-order valence-electron chi connectivity index (χ4n) is 1.79. The highest BCUT2D eigenvalue weighted by Gasteiger charge is 1.98. The van der Waals surface area contributed by atoms with Crippen LogP contribution in [0.25, 0.3) is 0 Å². The first-order valence-corrected chi connectivity index (χ1v) is 7.43. The van der Waals surface area contributed by atoms with Crippen LogP contribution in [0.4, 0.5) is 0 Å². The van der Waals surface area contributed by atoms with E-state index in [0.717, 1.165) is 37.0 Å². The van der Waals surface area contributed by atoms with Crippen molar-refractivity contribution in [3.63, 3.8) is 0 Å². The normalized spacial score (nSPS) is 10.2. The number of esters is 1. The third kappa shape index (κ3) is 8.44. The minimum atomic E-state index is -0.359. The van der Waals surface area contributed by atoms with Gasteiger partial charge < -0.3 is 9.47 Å². The van der Waals surface area contributed by atoms with Crippen LogP contribution in [0.5, 0.6) is 5.75 Å². The molecule has 122 valence electrons. The van der Waals surface area contributed by atoms with Gasteiger partial charge in [-0.15, -0.1) is 0 Å². The van der Waals surface area contributed by atoms with Gasteiger partial charge in [0.05, 0.1) is 20.3 Å². The lowest BCUT2D eigenvalue weighted by Gasteiger charge is -2.07. The topological polar surface area (TPSA) is 54.0 Å². The minimum absolute atomic E-state index is 0.359. The molecule has 0 atom stereocenters. The first-order valence-electron chi connectivity index (χ1n) is 7.43. The van der Waals surface area contributed by atoms with Gasteiger partial charge in [-0.25, -0.2) is 14.6 Å². The first-order chi connectivity index (χ1) is 10.8. The van der Waals surface area contributed by atoms with Crippen molar-refractivity contribution in [3.05, 3.63) is 42.5 Å². The number of rotatable bonds is 12. The van der Waals surface area contributed by atoms with Gasteiger partial charge in [0.1, 0.15) is 12.4 Å². The number of carbonyl (C=O) groups is 1. The summed E-state index contributed by atoms with van der Waals surface area (Å²) in [6, 6.07) is 7.73. The smallest absolute Gasteiger partial charge is 0.330 e. The fourth-order valence-corrected chi connectivity index (χ4v) is 1.79. The van der Waals surface area contributed by atoms with Crippen molar-refractivity contribution >= 4 is 5.97 Å². The Morgan fingerprint density at radius 3 is 2.41 bits per heavy atom. The Kier molecular flexibility index (Phi) is 9.74. The van der Waals surface area contributed by atoms with Gasteiger partial charge in [-0.2, -0.15) is 0 Å². The molecule has 0 spiro atoms. The van der Waals surface area contributed by atoms with E-state index < -0.39 is 0 Å². The summed E-state index contributed by atoms with van der Waals surface area (Å²) in [6.07, 6.45) is 5.09. The highest BCUT2D eigenvalue weighted by molar-refractivity contribution is 5.81. The second kappa shape index (κ2) is 11.8. The monoisotopic (exact) mass is 308 g/mol. The molecule has 0 aliphatic rings. The van der Waals surface area contributed by atoms with E-state index >= 15 is 0 Å². The van der Waals surface area contributed by atoms with Gasteiger partial charge in [0, 0.05) is 6.08 Å². The van der Waals surface area contributed by atoms with Gasteiger partial charge in [-0.3, -0.25) is 0 Å². The van der Waals surface area contributed by atoms with Crippen LogP contribution in [-0.4, -0.2) is 26.3 Å². The van der Waals surface area contributed by atoms with Crippen LogP contribution in [0.3, 0.4) is 0 Å². The molecule has 0 heterocycles. The third-order valence-corrected chi connectivity index (χ3v) is 2.99. The lowest BCUT2D eigenvalue weighted by molar-refractivity contribution is -0.282. The molecular formula is C17H24O5. The number of hydrogen-bond donors (Lipinski definition) is 0. The lowest BCUT2D eigenvalue weighted by atomic mass is 10.2. The van der Waals surface area contributed by atoms with Gasteiger partial charge >= 0.3 is 5.97 Å². The average molecular weight is 308 g/mol. The van der Waals surface area contributed by atoms with Crippen molar-refractivity contribution < 1.29 is 24.0 Å². The number of benzene rings is 1. The Balaban J connectivity index is 2.02.